The number of nitrogens with one attached hydrogen (secondary N) is 2. The summed E-state index contributed by atoms with van der Waals surface area (Å²) in [4.78, 5) is 11.5. The molecule has 0 radical (unpaired) electrons. The largest absolute Gasteiger partial charge is 0.416 e. The van der Waals surface area contributed by atoms with Crippen LogP contribution in [0.5, 0.6) is 0 Å². The average molecular weight is 535 g/mol. The summed E-state index contributed by atoms with van der Waals surface area (Å²) in [5.41, 5.74) is 5.30. The second kappa shape index (κ2) is 10.8. The van der Waals surface area contributed by atoms with E-state index < -0.39 is 17.3 Å². The molecule has 2 aliphatic heterocycles. The molecule has 0 bridgehead atoms. The molecular formula is C30H33F3N6. The Labute approximate surface area is 227 Å². The van der Waals surface area contributed by atoms with Crippen LogP contribution in [0.4, 0.5) is 19.1 Å². The second-order valence-electron chi connectivity index (χ2n) is 10.6. The van der Waals surface area contributed by atoms with Gasteiger partial charge in [0.2, 0.25) is 5.95 Å². The zero-order valence-electron chi connectivity index (χ0n) is 22.3. The normalized spacial score (nSPS) is 21.5. The Bertz CT molecular complexity index is 1360. The number of hydrogen-bond donors (Lipinski definition) is 2. The smallest absolute Gasteiger partial charge is 0.348 e. The zero-order valence-corrected chi connectivity index (χ0v) is 22.3. The van der Waals surface area contributed by atoms with Gasteiger partial charge in [-0.1, -0.05) is 42.5 Å². The van der Waals surface area contributed by atoms with Crippen molar-refractivity contribution >= 4 is 17.2 Å². The van der Waals surface area contributed by atoms with Crippen LogP contribution in [0.3, 0.4) is 0 Å². The number of rotatable bonds is 6. The van der Waals surface area contributed by atoms with Crippen LogP contribution in [0.1, 0.15) is 55.1 Å². The number of anilines is 1. The summed E-state index contributed by atoms with van der Waals surface area (Å²) < 4.78 is 40.7. The van der Waals surface area contributed by atoms with Gasteiger partial charge in [-0.25, -0.2) is 9.97 Å². The van der Waals surface area contributed by atoms with E-state index in [1.165, 1.54) is 6.07 Å². The van der Waals surface area contributed by atoms with E-state index in [0.29, 0.717) is 34.4 Å². The third-order valence-corrected chi connectivity index (χ3v) is 7.71. The Morgan fingerprint density at radius 2 is 1.79 bits per heavy atom. The fourth-order valence-electron chi connectivity index (χ4n) is 5.31. The number of nitrogens with zero attached hydrogens (tertiary/aromatic N) is 4. The highest BCUT2D eigenvalue weighted by Gasteiger charge is 2.38. The standard InChI is InChI=1S/C30H33F3N6/c1-20(21-8-5-4-6-9-21)35-28-34-15-12-26(36-28)25-19-29(2,23-13-16-39(3)17-14-23)38-37-27(25)22-10-7-11-24(18-22)30(31,32)33/h4-12,15,18-20,23,38H,13-14,16-17H2,1-3H3,(H,34,35,36)/t20-,29?/m0/s1. The molecule has 2 N–H and O–H groups in total. The van der Waals surface area contributed by atoms with Crippen molar-refractivity contribution in [2.45, 2.75) is 44.4 Å². The van der Waals surface area contributed by atoms with E-state index in [1.54, 1.807) is 18.3 Å². The Hall–Kier alpha value is -3.72. The topological polar surface area (TPSA) is 65.4 Å². The quantitative estimate of drug-likeness (QED) is 0.397. The summed E-state index contributed by atoms with van der Waals surface area (Å²) in [7, 11) is 2.11. The Kier molecular flexibility index (Phi) is 7.44. The molecule has 1 unspecified atom stereocenters. The lowest BCUT2D eigenvalue weighted by molar-refractivity contribution is -0.137. The van der Waals surface area contributed by atoms with E-state index in [9.17, 15) is 13.2 Å². The highest BCUT2D eigenvalue weighted by atomic mass is 19.4. The molecule has 1 saturated heterocycles. The lowest BCUT2D eigenvalue weighted by atomic mass is 9.76. The van der Waals surface area contributed by atoms with Gasteiger partial charge >= 0.3 is 6.18 Å². The van der Waals surface area contributed by atoms with Crippen molar-refractivity contribution < 1.29 is 13.2 Å². The van der Waals surface area contributed by atoms with Gasteiger partial charge in [-0.15, -0.1) is 0 Å². The van der Waals surface area contributed by atoms with Crippen molar-refractivity contribution in [2.75, 3.05) is 25.5 Å². The van der Waals surface area contributed by atoms with Gasteiger partial charge in [0.15, 0.2) is 0 Å². The highest BCUT2D eigenvalue weighted by Crippen LogP contribution is 2.36. The number of hydrogen-bond acceptors (Lipinski definition) is 6. The maximum atomic E-state index is 13.6. The van der Waals surface area contributed by atoms with E-state index in [-0.39, 0.29) is 6.04 Å². The van der Waals surface area contributed by atoms with Gasteiger partial charge in [0.25, 0.3) is 0 Å². The molecule has 6 nitrogen and oxygen atoms in total. The molecule has 1 fully saturated rings. The highest BCUT2D eigenvalue weighted by molar-refractivity contribution is 6.32. The first-order valence-corrected chi connectivity index (χ1v) is 13.2. The third kappa shape index (κ3) is 5.98. The van der Waals surface area contributed by atoms with Crippen LogP contribution >= 0.6 is 0 Å². The minimum Gasteiger partial charge on any atom is -0.348 e. The second-order valence-corrected chi connectivity index (χ2v) is 10.6. The van der Waals surface area contributed by atoms with Crippen molar-refractivity contribution in [1.82, 2.24) is 20.3 Å². The number of hydrazone groups is 1. The monoisotopic (exact) mass is 534 g/mol. The van der Waals surface area contributed by atoms with E-state index in [2.05, 4.69) is 40.7 Å². The summed E-state index contributed by atoms with van der Waals surface area (Å²) >= 11 is 0. The maximum Gasteiger partial charge on any atom is 0.416 e. The molecule has 0 spiro atoms. The molecule has 0 saturated carbocycles. The molecular weight excluding hydrogens is 501 g/mol. The van der Waals surface area contributed by atoms with Gasteiger partial charge < -0.3 is 10.2 Å². The molecule has 0 aliphatic carbocycles. The fourth-order valence-corrected chi connectivity index (χ4v) is 5.31. The fraction of sp³-hybridized carbons (Fsp3) is 0.367. The van der Waals surface area contributed by atoms with Crippen LogP contribution in [-0.4, -0.2) is 46.3 Å². The number of piperidine rings is 1. The van der Waals surface area contributed by atoms with Crippen LogP contribution in [0.2, 0.25) is 0 Å². The van der Waals surface area contributed by atoms with Crippen molar-refractivity contribution in [2.24, 2.45) is 11.0 Å². The summed E-state index contributed by atoms with van der Waals surface area (Å²) in [6.07, 6.45) is 1.29. The first-order chi connectivity index (χ1) is 18.6. The Morgan fingerprint density at radius 1 is 1.05 bits per heavy atom. The number of benzene rings is 2. The van der Waals surface area contributed by atoms with Crippen LogP contribution in [0, 0.1) is 5.92 Å². The van der Waals surface area contributed by atoms with Crippen molar-refractivity contribution in [1.29, 1.82) is 0 Å². The lowest BCUT2D eigenvalue weighted by Crippen LogP contribution is -2.51. The maximum absolute atomic E-state index is 13.6. The summed E-state index contributed by atoms with van der Waals surface area (Å²) in [6, 6.07) is 17.0. The van der Waals surface area contributed by atoms with Gasteiger partial charge in [0.1, 0.15) is 0 Å². The molecule has 3 heterocycles. The van der Waals surface area contributed by atoms with E-state index in [1.807, 2.05) is 37.3 Å². The summed E-state index contributed by atoms with van der Waals surface area (Å²) in [5, 5.41) is 8.05. The molecule has 39 heavy (non-hydrogen) atoms. The SMILES string of the molecule is C[C@H](Nc1nccc(C2=CC(C)(C3CCN(C)CC3)NN=C2c2cccc(C(F)(F)F)c2)n1)c1ccccc1. The molecule has 5 rings (SSSR count). The molecule has 204 valence electrons. The average Bonchev–Trinajstić information content (AvgIpc) is 2.93. The minimum absolute atomic E-state index is 0.0375. The molecule has 2 aliphatic rings. The lowest BCUT2D eigenvalue weighted by Gasteiger charge is -2.42. The number of likely N-dealkylation sites (tertiary alicyclic amines) is 1. The van der Waals surface area contributed by atoms with E-state index in [4.69, 9.17) is 10.1 Å². The number of allylic oxidation sites excluding steroid dienone is 1. The Morgan fingerprint density at radius 3 is 2.51 bits per heavy atom. The van der Waals surface area contributed by atoms with E-state index >= 15 is 0 Å². The van der Waals surface area contributed by atoms with Gasteiger partial charge in [-0.3, -0.25) is 5.43 Å². The first-order valence-electron chi connectivity index (χ1n) is 13.2. The van der Waals surface area contributed by atoms with Crippen molar-refractivity contribution in [3.05, 3.63) is 95.3 Å². The van der Waals surface area contributed by atoms with Gasteiger partial charge in [-0.05, 0) is 82.6 Å². The van der Waals surface area contributed by atoms with Gasteiger partial charge in [-0.2, -0.15) is 18.3 Å². The Balaban J connectivity index is 1.53. The van der Waals surface area contributed by atoms with Gasteiger partial charge in [0, 0.05) is 17.3 Å². The van der Waals surface area contributed by atoms with Gasteiger partial charge in [0.05, 0.1) is 28.5 Å². The minimum atomic E-state index is -4.45. The molecule has 2 aromatic carbocycles. The van der Waals surface area contributed by atoms with Crippen LogP contribution < -0.4 is 10.7 Å². The number of halogens is 3. The van der Waals surface area contributed by atoms with Crippen LogP contribution in [0.15, 0.2) is 78.0 Å². The predicted molar refractivity (Wildman–Crippen MR) is 148 cm³/mol. The van der Waals surface area contributed by atoms with Crippen LogP contribution in [0.25, 0.3) is 5.57 Å². The summed E-state index contributed by atoms with van der Waals surface area (Å²) in [6.45, 7) is 6.09. The molecule has 2 atom stereocenters. The molecule has 0 amide bonds. The van der Waals surface area contributed by atoms with Crippen molar-refractivity contribution in [3.8, 4) is 0 Å². The predicted octanol–water partition coefficient (Wildman–Crippen LogP) is 6.16. The van der Waals surface area contributed by atoms with E-state index in [0.717, 1.165) is 43.6 Å². The zero-order chi connectivity index (χ0) is 27.6. The molecule has 3 aromatic rings. The first kappa shape index (κ1) is 26.9. The molecule has 9 heteroatoms. The summed E-state index contributed by atoms with van der Waals surface area (Å²) in [5.74, 6) is 0.751. The number of aromatic nitrogens is 2. The molecule has 1 aromatic heterocycles. The third-order valence-electron chi connectivity index (χ3n) is 7.71. The van der Waals surface area contributed by atoms with Crippen molar-refractivity contribution in [3.63, 3.8) is 0 Å². The van der Waals surface area contributed by atoms with Crippen LogP contribution in [-0.2, 0) is 6.18 Å². The number of alkyl halides is 3.